The van der Waals surface area contributed by atoms with Gasteiger partial charge in [-0.3, -0.25) is 0 Å². The van der Waals surface area contributed by atoms with Crippen LogP contribution in [-0.4, -0.2) is 11.1 Å². The summed E-state index contributed by atoms with van der Waals surface area (Å²) >= 11 is 1.56. The first-order valence-electron chi connectivity index (χ1n) is 6.93. The highest BCUT2D eigenvalue weighted by Gasteiger charge is 2.24. The second-order valence-corrected chi connectivity index (χ2v) is 7.35. The third-order valence-corrected chi connectivity index (χ3v) is 4.84. The maximum atomic E-state index is 11.6. The van der Waals surface area contributed by atoms with Crippen molar-refractivity contribution >= 4 is 23.0 Å². The zero-order valence-corrected chi connectivity index (χ0v) is 13.6. The lowest BCUT2D eigenvalue weighted by Gasteiger charge is -2.17. The number of carbonyl (C=O) groups is 1. The molecule has 0 saturated heterocycles. The van der Waals surface area contributed by atoms with Gasteiger partial charge in [-0.15, -0.1) is 11.3 Å². The van der Waals surface area contributed by atoms with E-state index in [0.29, 0.717) is 0 Å². The van der Waals surface area contributed by atoms with E-state index >= 15 is 0 Å². The monoisotopic (exact) mass is 303 g/mol. The van der Waals surface area contributed by atoms with Gasteiger partial charge < -0.3 is 10.4 Å². The summed E-state index contributed by atoms with van der Waals surface area (Å²) in [5.74, 6) is -0.863. The molecule has 0 spiro atoms. The van der Waals surface area contributed by atoms with Crippen molar-refractivity contribution < 1.29 is 9.90 Å². The number of thiophene rings is 1. The van der Waals surface area contributed by atoms with E-state index in [1.807, 2.05) is 43.3 Å². The summed E-state index contributed by atoms with van der Waals surface area (Å²) in [6, 6.07) is 11.0. The quantitative estimate of drug-likeness (QED) is 0.868. The second-order valence-electron chi connectivity index (χ2n) is 6.23. The zero-order valence-electron chi connectivity index (χ0n) is 12.8. The third kappa shape index (κ3) is 3.85. The molecule has 0 bridgehead atoms. The Kier molecular flexibility index (Phi) is 4.37. The molecule has 4 heteroatoms. The van der Waals surface area contributed by atoms with Crippen molar-refractivity contribution in [3.8, 4) is 0 Å². The summed E-state index contributed by atoms with van der Waals surface area (Å²) in [5.41, 5.74) is 2.01. The van der Waals surface area contributed by atoms with Gasteiger partial charge in [0.25, 0.3) is 0 Å². The van der Waals surface area contributed by atoms with Gasteiger partial charge in [0.15, 0.2) is 6.04 Å². The SMILES string of the molecule is Cc1ccc(NC(C(=O)O)c2ccc(C(C)(C)C)s2)cc1. The average molecular weight is 303 g/mol. The van der Waals surface area contributed by atoms with Crippen LogP contribution in [0.1, 0.15) is 42.1 Å². The Labute approximate surface area is 129 Å². The van der Waals surface area contributed by atoms with Crippen LogP contribution >= 0.6 is 11.3 Å². The van der Waals surface area contributed by atoms with E-state index < -0.39 is 12.0 Å². The lowest BCUT2D eigenvalue weighted by atomic mass is 9.95. The summed E-state index contributed by atoms with van der Waals surface area (Å²) in [7, 11) is 0. The summed E-state index contributed by atoms with van der Waals surface area (Å²) in [4.78, 5) is 13.6. The molecule has 0 radical (unpaired) electrons. The van der Waals surface area contributed by atoms with Gasteiger partial charge in [-0.25, -0.2) is 4.79 Å². The molecule has 1 heterocycles. The minimum atomic E-state index is -0.863. The molecule has 0 saturated carbocycles. The molecule has 1 atom stereocenters. The van der Waals surface area contributed by atoms with Gasteiger partial charge in [-0.05, 0) is 36.6 Å². The number of aliphatic carboxylic acids is 1. The van der Waals surface area contributed by atoms with Crippen LogP contribution in [0, 0.1) is 6.92 Å². The van der Waals surface area contributed by atoms with Crippen LogP contribution < -0.4 is 5.32 Å². The van der Waals surface area contributed by atoms with Crippen LogP contribution in [0.25, 0.3) is 0 Å². The normalized spacial score (nSPS) is 13.0. The molecular formula is C17H21NO2S. The van der Waals surface area contributed by atoms with Crippen molar-refractivity contribution in [2.24, 2.45) is 0 Å². The molecular weight excluding hydrogens is 282 g/mol. The van der Waals surface area contributed by atoms with Gasteiger partial charge in [0.05, 0.1) is 0 Å². The summed E-state index contributed by atoms with van der Waals surface area (Å²) < 4.78 is 0. The van der Waals surface area contributed by atoms with Gasteiger partial charge in [0.1, 0.15) is 0 Å². The number of benzene rings is 1. The van der Waals surface area contributed by atoms with Crippen molar-refractivity contribution in [1.82, 2.24) is 0 Å². The molecule has 0 aliphatic carbocycles. The first-order chi connectivity index (χ1) is 9.77. The van der Waals surface area contributed by atoms with Crippen molar-refractivity contribution in [1.29, 1.82) is 0 Å². The van der Waals surface area contributed by atoms with Crippen molar-refractivity contribution in [3.63, 3.8) is 0 Å². The smallest absolute Gasteiger partial charge is 0.331 e. The lowest BCUT2D eigenvalue weighted by Crippen LogP contribution is -2.19. The molecule has 21 heavy (non-hydrogen) atoms. The van der Waals surface area contributed by atoms with Crippen LogP contribution in [-0.2, 0) is 10.2 Å². The Hall–Kier alpha value is -1.81. The summed E-state index contributed by atoms with van der Waals surface area (Å²) in [6.07, 6.45) is 0. The third-order valence-electron chi connectivity index (χ3n) is 3.26. The number of anilines is 1. The summed E-state index contributed by atoms with van der Waals surface area (Å²) in [5, 5.41) is 12.6. The van der Waals surface area contributed by atoms with Crippen LogP contribution in [0.2, 0.25) is 0 Å². The van der Waals surface area contributed by atoms with E-state index in [-0.39, 0.29) is 5.41 Å². The van der Waals surface area contributed by atoms with Gasteiger partial charge in [-0.2, -0.15) is 0 Å². The topological polar surface area (TPSA) is 49.3 Å². The lowest BCUT2D eigenvalue weighted by molar-refractivity contribution is -0.138. The maximum absolute atomic E-state index is 11.6. The molecule has 1 aromatic carbocycles. The van der Waals surface area contributed by atoms with Crippen LogP contribution in [0.4, 0.5) is 5.69 Å². The van der Waals surface area contributed by atoms with E-state index in [1.165, 1.54) is 4.88 Å². The molecule has 0 amide bonds. The first-order valence-corrected chi connectivity index (χ1v) is 7.75. The number of carboxylic acids is 1. The number of hydrogen-bond acceptors (Lipinski definition) is 3. The number of nitrogens with one attached hydrogen (secondary N) is 1. The fourth-order valence-corrected chi connectivity index (χ4v) is 3.09. The molecule has 2 N–H and O–H groups in total. The van der Waals surface area contributed by atoms with E-state index in [4.69, 9.17) is 0 Å². The predicted octanol–water partition coefficient (Wildman–Crippen LogP) is 4.59. The molecule has 2 aromatic rings. The second kappa shape index (κ2) is 5.90. The molecule has 2 rings (SSSR count). The zero-order chi connectivity index (χ0) is 15.6. The standard InChI is InChI=1S/C17H21NO2S/c1-11-5-7-12(8-6-11)18-15(16(19)20)13-9-10-14(21-13)17(2,3)4/h5-10,15,18H,1-4H3,(H,19,20). The molecule has 0 aliphatic heterocycles. The Morgan fingerprint density at radius 3 is 2.24 bits per heavy atom. The highest BCUT2D eigenvalue weighted by molar-refractivity contribution is 7.12. The molecule has 0 aliphatic rings. The Morgan fingerprint density at radius 2 is 1.76 bits per heavy atom. The van der Waals surface area contributed by atoms with Crippen LogP contribution in [0.3, 0.4) is 0 Å². The largest absolute Gasteiger partial charge is 0.479 e. The maximum Gasteiger partial charge on any atom is 0.331 e. The Bertz CT molecular complexity index is 623. The van der Waals surface area contributed by atoms with Gasteiger partial charge >= 0.3 is 5.97 Å². The van der Waals surface area contributed by atoms with Gasteiger partial charge in [0, 0.05) is 15.4 Å². The van der Waals surface area contributed by atoms with Gasteiger partial charge in [-0.1, -0.05) is 38.5 Å². The highest BCUT2D eigenvalue weighted by atomic mass is 32.1. The molecule has 0 fully saturated rings. The highest BCUT2D eigenvalue weighted by Crippen LogP contribution is 2.33. The molecule has 1 unspecified atom stereocenters. The number of hydrogen-bond donors (Lipinski definition) is 2. The van der Waals surface area contributed by atoms with Crippen molar-refractivity contribution in [3.05, 3.63) is 51.7 Å². The predicted molar refractivity (Wildman–Crippen MR) is 88.2 cm³/mol. The van der Waals surface area contributed by atoms with E-state index in [1.54, 1.807) is 11.3 Å². The Morgan fingerprint density at radius 1 is 1.14 bits per heavy atom. The van der Waals surface area contributed by atoms with Crippen LogP contribution in [0.5, 0.6) is 0 Å². The average Bonchev–Trinajstić information content (AvgIpc) is 2.87. The number of aryl methyl sites for hydroxylation is 1. The molecule has 1 aromatic heterocycles. The number of rotatable bonds is 4. The fraction of sp³-hybridized carbons (Fsp3) is 0.353. The van der Waals surface area contributed by atoms with E-state index in [2.05, 4.69) is 26.1 Å². The first kappa shape index (κ1) is 15.6. The fourth-order valence-electron chi connectivity index (χ4n) is 1.98. The van der Waals surface area contributed by atoms with E-state index in [9.17, 15) is 9.90 Å². The molecule has 3 nitrogen and oxygen atoms in total. The van der Waals surface area contributed by atoms with E-state index in [0.717, 1.165) is 16.1 Å². The van der Waals surface area contributed by atoms with Crippen molar-refractivity contribution in [2.45, 2.75) is 39.2 Å². The minimum Gasteiger partial charge on any atom is -0.479 e. The number of carboxylic acid groups (broad SMARTS) is 1. The van der Waals surface area contributed by atoms with Crippen LogP contribution in [0.15, 0.2) is 36.4 Å². The minimum absolute atomic E-state index is 0.0375. The summed E-state index contributed by atoms with van der Waals surface area (Å²) in [6.45, 7) is 8.40. The Balaban J connectivity index is 2.25. The van der Waals surface area contributed by atoms with Gasteiger partial charge in [0.2, 0.25) is 0 Å². The molecule has 112 valence electrons. The van der Waals surface area contributed by atoms with Crippen molar-refractivity contribution in [2.75, 3.05) is 5.32 Å².